The highest BCUT2D eigenvalue weighted by molar-refractivity contribution is 5.87. The van der Waals surface area contributed by atoms with Crippen molar-refractivity contribution in [2.24, 2.45) is 0 Å². The molecule has 8 nitrogen and oxygen atoms in total. The SMILES string of the molecule is CCN(CC(=O)O)C1CC(NC(=O)N2CC(=O)N(CC(F)(F)F)C2)C1. The topological polar surface area (TPSA) is 93.2 Å². The third-order valence-corrected chi connectivity index (χ3v) is 4.38. The van der Waals surface area contributed by atoms with Gasteiger partial charge in [0.05, 0.1) is 13.2 Å². The fourth-order valence-electron chi connectivity index (χ4n) is 3.03. The summed E-state index contributed by atoms with van der Waals surface area (Å²) in [6.45, 7) is 0.208. The standard InChI is InChI=1S/C14H21F3N4O4/c1-2-19(6-12(23)24)10-3-9(4-10)18-13(25)20-5-11(22)21(8-20)7-14(15,16)17/h9-10H,2-8H2,1H3,(H,18,25)(H,23,24). The Morgan fingerprint density at radius 3 is 2.52 bits per heavy atom. The Kier molecular flexibility index (Phi) is 5.76. The Bertz CT molecular complexity index is 537. The molecular weight excluding hydrogens is 345 g/mol. The van der Waals surface area contributed by atoms with E-state index in [1.165, 1.54) is 0 Å². The summed E-state index contributed by atoms with van der Waals surface area (Å²) in [5, 5.41) is 11.5. The van der Waals surface area contributed by atoms with E-state index in [-0.39, 0.29) is 31.8 Å². The normalized spacial score (nSPS) is 23.8. The summed E-state index contributed by atoms with van der Waals surface area (Å²) in [6, 6.07) is -0.705. The predicted molar refractivity (Wildman–Crippen MR) is 79.6 cm³/mol. The second kappa shape index (κ2) is 7.46. The Hall–Kier alpha value is -2.04. The van der Waals surface area contributed by atoms with Crippen molar-refractivity contribution in [1.29, 1.82) is 0 Å². The lowest BCUT2D eigenvalue weighted by molar-refractivity contribution is -0.157. The number of aliphatic carboxylic acids is 1. The van der Waals surface area contributed by atoms with E-state index in [1.807, 2.05) is 6.92 Å². The van der Waals surface area contributed by atoms with Gasteiger partial charge in [0.15, 0.2) is 0 Å². The van der Waals surface area contributed by atoms with Gasteiger partial charge in [0.25, 0.3) is 0 Å². The van der Waals surface area contributed by atoms with E-state index in [2.05, 4.69) is 5.32 Å². The minimum atomic E-state index is -4.50. The van der Waals surface area contributed by atoms with E-state index in [4.69, 9.17) is 5.11 Å². The number of amides is 3. The van der Waals surface area contributed by atoms with Crippen LogP contribution in [0.2, 0.25) is 0 Å². The Morgan fingerprint density at radius 1 is 1.36 bits per heavy atom. The Balaban J connectivity index is 1.77. The second-order valence-corrected chi connectivity index (χ2v) is 6.27. The lowest BCUT2D eigenvalue weighted by Crippen LogP contribution is -2.56. The van der Waals surface area contributed by atoms with Crippen molar-refractivity contribution >= 4 is 17.9 Å². The molecule has 2 aliphatic rings. The molecule has 0 unspecified atom stereocenters. The molecule has 0 bridgehead atoms. The number of nitrogens with one attached hydrogen (secondary N) is 1. The van der Waals surface area contributed by atoms with Crippen LogP contribution in [0, 0.1) is 0 Å². The predicted octanol–water partition coefficient (Wildman–Crippen LogP) is 0.298. The summed E-state index contributed by atoms with van der Waals surface area (Å²) >= 11 is 0. The summed E-state index contributed by atoms with van der Waals surface area (Å²) in [6.07, 6.45) is -3.36. The number of rotatable bonds is 6. The molecule has 2 N–H and O–H groups in total. The van der Waals surface area contributed by atoms with Gasteiger partial charge in [0, 0.05) is 12.1 Å². The molecule has 11 heteroatoms. The van der Waals surface area contributed by atoms with Gasteiger partial charge < -0.3 is 15.3 Å². The number of carbonyl (C=O) groups is 3. The van der Waals surface area contributed by atoms with Gasteiger partial charge in [-0.3, -0.25) is 19.4 Å². The largest absolute Gasteiger partial charge is 0.480 e. The molecule has 1 aliphatic carbocycles. The molecule has 0 spiro atoms. The van der Waals surface area contributed by atoms with E-state index in [9.17, 15) is 27.6 Å². The highest BCUT2D eigenvalue weighted by atomic mass is 19.4. The highest BCUT2D eigenvalue weighted by Crippen LogP contribution is 2.26. The Labute approximate surface area is 142 Å². The average Bonchev–Trinajstić information content (AvgIpc) is 2.79. The summed E-state index contributed by atoms with van der Waals surface area (Å²) in [4.78, 5) is 37.8. The van der Waals surface area contributed by atoms with Crippen molar-refractivity contribution in [3.05, 3.63) is 0 Å². The third kappa shape index (κ3) is 5.21. The smallest absolute Gasteiger partial charge is 0.406 e. The molecule has 142 valence electrons. The van der Waals surface area contributed by atoms with Crippen LogP contribution >= 0.6 is 0 Å². The second-order valence-electron chi connectivity index (χ2n) is 6.27. The Morgan fingerprint density at radius 2 is 2.00 bits per heavy atom. The lowest BCUT2D eigenvalue weighted by Gasteiger charge is -2.42. The summed E-state index contributed by atoms with van der Waals surface area (Å²) < 4.78 is 37.1. The minimum Gasteiger partial charge on any atom is -0.480 e. The quantitative estimate of drug-likeness (QED) is 0.705. The van der Waals surface area contributed by atoms with Crippen molar-refractivity contribution in [2.45, 2.75) is 38.0 Å². The van der Waals surface area contributed by atoms with Gasteiger partial charge in [-0.1, -0.05) is 6.92 Å². The van der Waals surface area contributed by atoms with Crippen LogP contribution in [-0.4, -0.2) is 88.8 Å². The van der Waals surface area contributed by atoms with Gasteiger partial charge in [-0.25, -0.2) is 4.79 Å². The van der Waals surface area contributed by atoms with Crippen LogP contribution in [0.25, 0.3) is 0 Å². The lowest BCUT2D eigenvalue weighted by atomic mass is 9.85. The number of alkyl halides is 3. The van der Waals surface area contributed by atoms with Crippen molar-refractivity contribution in [3.63, 3.8) is 0 Å². The molecule has 1 saturated heterocycles. The molecule has 2 rings (SSSR count). The van der Waals surface area contributed by atoms with Crippen molar-refractivity contribution < 1.29 is 32.7 Å². The van der Waals surface area contributed by atoms with Gasteiger partial charge in [-0.05, 0) is 19.4 Å². The van der Waals surface area contributed by atoms with Crippen LogP contribution in [0.1, 0.15) is 19.8 Å². The van der Waals surface area contributed by atoms with Crippen LogP contribution in [0.15, 0.2) is 0 Å². The number of halogens is 3. The molecule has 0 radical (unpaired) electrons. The van der Waals surface area contributed by atoms with Crippen LogP contribution in [0.4, 0.5) is 18.0 Å². The summed E-state index contributed by atoms with van der Waals surface area (Å²) in [7, 11) is 0. The monoisotopic (exact) mass is 366 g/mol. The molecular formula is C14H21F3N4O4. The van der Waals surface area contributed by atoms with E-state index < -0.39 is 30.6 Å². The van der Waals surface area contributed by atoms with Crippen LogP contribution in [0.5, 0.6) is 0 Å². The van der Waals surface area contributed by atoms with Crippen LogP contribution in [0.3, 0.4) is 0 Å². The van der Waals surface area contributed by atoms with Crippen molar-refractivity contribution in [3.8, 4) is 0 Å². The minimum absolute atomic E-state index is 0.0494. The number of urea groups is 1. The van der Waals surface area contributed by atoms with Gasteiger partial charge >= 0.3 is 18.2 Å². The van der Waals surface area contributed by atoms with E-state index >= 15 is 0 Å². The maximum atomic E-state index is 12.4. The van der Waals surface area contributed by atoms with Crippen molar-refractivity contribution in [2.75, 3.05) is 32.8 Å². The zero-order valence-corrected chi connectivity index (χ0v) is 13.8. The molecule has 0 aromatic carbocycles. The van der Waals surface area contributed by atoms with E-state index in [1.54, 1.807) is 4.90 Å². The number of nitrogens with zero attached hydrogens (tertiary/aromatic N) is 3. The molecule has 2 fully saturated rings. The molecule has 3 amide bonds. The number of likely N-dealkylation sites (N-methyl/N-ethyl adjacent to an activating group) is 1. The first-order chi connectivity index (χ1) is 11.6. The fraction of sp³-hybridized carbons (Fsp3) is 0.786. The first kappa shape index (κ1) is 19.3. The molecule has 1 aliphatic heterocycles. The first-order valence-electron chi connectivity index (χ1n) is 7.95. The molecule has 1 saturated carbocycles. The molecule has 0 aromatic rings. The maximum absolute atomic E-state index is 12.4. The highest BCUT2D eigenvalue weighted by Gasteiger charge is 2.40. The number of carboxylic acid groups (broad SMARTS) is 1. The first-order valence-corrected chi connectivity index (χ1v) is 7.95. The molecule has 0 atom stereocenters. The van der Waals surface area contributed by atoms with Gasteiger partial charge in [0.2, 0.25) is 5.91 Å². The zero-order chi connectivity index (χ0) is 18.8. The van der Waals surface area contributed by atoms with E-state index in [0.29, 0.717) is 24.3 Å². The van der Waals surface area contributed by atoms with Crippen molar-refractivity contribution in [1.82, 2.24) is 20.0 Å². The number of carboxylic acids is 1. The maximum Gasteiger partial charge on any atom is 0.406 e. The summed E-state index contributed by atoms with van der Waals surface area (Å²) in [5.74, 6) is -1.66. The molecule has 0 aromatic heterocycles. The molecule has 1 heterocycles. The van der Waals surface area contributed by atoms with E-state index in [0.717, 1.165) is 4.90 Å². The zero-order valence-electron chi connectivity index (χ0n) is 13.8. The molecule has 25 heavy (non-hydrogen) atoms. The van der Waals surface area contributed by atoms with Gasteiger partial charge in [-0.2, -0.15) is 13.2 Å². The van der Waals surface area contributed by atoms with Crippen LogP contribution < -0.4 is 5.32 Å². The van der Waals surface area contributed by atoms with Gasteiger partial charge in [0.1, 0.15) is 13.1 Å². The number of hydrogen-bond donors (Lipinski definition) is 2. The third-order valence-electron chi connectivity index (χ3n) is 4.38. The van der Waals surface area contributed by atoms with Crippen LogP contribution in [-0.2, 0) is 9.59 Å². The number of hydrogen-bond acceptors (Lipinski definition) is 4. The van der Waals surface area contributed by atoms with Gasteiger partial charge in [-0.15, -0.1) is 0 Å². The summed E-state index contributed by atoms with van der Waals surface area (Å²) in [5.41, 5.74) is 0. The average molecular weight is 366 g/mol. The number of carbonyl (C=O) groups excluding carboxylic acids is 2. The fourth-order valence-corrected chi connectivity index (χ4v) is 3.03.